The largest absolute Gasteiger partial charge is 0.465 e. The summed E-state index contributed by atoms with van der Waals surface area (Å²) in [5, 5.41) is 17.5. The molecule has 0 aromatic carbocycles. The average molecular weight is 209 g/mol. The lowest BCUT2D eigenvalue weighted by Gasteiger charge is -2.24. The number of amides is 2. The standard InChI is InChI=1S/C9H11N3O3/c1-11(4-10)8(13)7-6-2-5(6)3-12(7)9(14)15/h5-7H,2-3H2,1H3,(H,14,15)/t5?,6?,7-/m0/s1. The summed E-state index contributed by atoms with van der Waals surface area (Å²) in [5.74, 6) is 0.0384. The number of carboxylic acid groups (broad SMARTS) is 1. The molecule has 1 N–H and O–H groups in total. The SMILES string of the molecule is CN(C#N)C(=O)[C@@H]1C2CC2CN1C(=O)O. The van der Waals surface area contributed by atoms with E-state index in [0.29, 0.717) is 12.5 Å². The third-order valence-corrected chi connectivity index (χ3v) is 3.13. The molecule has 2 fully saturated rings. The van der Waals surface area contributed by atoms with Crippen molar-refractivity contribution in [3.63, 3.8) is 0 Å². The number of fused-ring (bicyclic) bond motifs is 1. The van der Waals surface area contributed by atoms with Crippen molar-refractivity contribution < 1.29 is 14.7 Å². The molecule has 1 saturated heterocycles. The molecule has 15 heavy (non-hydrogen) atoms. The number of hydrogen-bond acceptors (Lipinski definition) is 3. The second-order valence-corrected chi connectivity index (χ2v) is 4.04. The third-order valence-electron chi connectivity index (χ3n) is 3.13. The van der Waals surface area contributed by atoms with Crippen LogP contribution in [0.25, 0.3) is 0 Å². The zero-order valence-corrected chi connectivity index (χ0v) is 8.25. The van der Waals surface area contributed by atoms with Gasteiger partial charge >= 0.3 is 6.09 Å². The normalized spacial score (nSPS) is 31.7. The van der Waals surface area contributed by atoms with Crippen LogP contribution in [0.5, 0.6) is 0 Å². The maximum atomic E-state index is 11.7. The van der Waals surface area contributed by atoms with E-state index in [1.165, 1.54) is 7.05 Å². The fraction of sp³-hybridized carbons (Fsp3) is 0.667. The van der Waals surface area contributed by atoms with Crippen molar-refractivity contribution >= 4 is 12.0 Å². The van der Waals surface area contributed by atoms with E-state index in [0.717, 1.165) is 16.2 Å². The molecule has 0 aromatic heterocycles. The van der Waals surface area contributed by atoms with Gasteiger partial charge in [-0.15, -0.1) is 0 Å². The molecule has 2 aliphatic rings. The molecule has 2 amide bonds. The maximum absolute atomic E-state index is 11.7. The number of nitriles is 1. The summed E-state index contributed by atoms with van der Waals surface area (Å²) < 4.78 is 0. The first-order valence-corrected chi connectivity index (χ1v) is 4.73. The molecule has 0 radical (unpaired) electrons. The number of likely N-dealkylation sites (N-methyl/N-ethyl adjacent to an activating group) is 1. The van der Waals surface area contributed by atoms with Gasteiger partial charge in [-0.3, -0.25) is 14.6 Å². The Balaban J connectivity index is 2.16. The summed E-state index contributed by atoms with van der Waals surface area (Å²) in [6, 6.07) is -0.642. The van der Waals surface area contributed by atoms with Crippen molar-refractivity contribution in [2.24, 2.45) is 11.8 Å². The molecule has 1 aliphatic carbocycles. The van der Waals surface area contributed by atoms with Gasteiger partial charge in [0.2, 0.25) is 0 Å². The van der Waals surface area contributed by atoms with Crippen LogP contribution in [-0.2, 0) is 4.79 Å². The van der Waals surface area contributed by atoms with Gasteiger partial charge in [0.1, 0.15) is 6.04 Å². The Labute approximate surface area is 86.7 Å². The number of carbonyl (C=O) groups excluding carboxylic acids is 1. The summed E-state index contributed by atoms with van der Waals surface area (Å²) >= 11 is 0. The van der Waals surface area contributed by atoms with Crippen LogP contribution in [0.3, 0.4) is 0 Å². The third kappa shape index (κ3) is 1.40. The predicted octanol–water partition coefficient (Wildman–Crippen LogP) is -0.0758. The summed E-state index contributed by atoms with van der Waals surface area (Å²) in [7, 11) is 1.36. The molecule has 0 bridgehead atoms. The first kappa shape index (κ1) is 9.77. The fourth-order valence-corrected chi connectivity index (χ4v) is 2.23. The Hall–Kier alpha value is -1.77. The topological polar surface area (TPSA) is 84.6 Å². The Morgan fingerprint density at radius 3 is 2.80 bits per heavy atom. The molecule has 6 heteroatoms. The van der Waals surface area contributed by atoms with Crippen LogP contribution in [0.2, 0.25) is 0 Å². The van der Waals surface area contributed by atoms with E-state index in [4.69, 9.17) is 10.4 Å². The molecule has 6 nitrogen and oxygen atoms in total. The highest BCUT2D eigenvalue weighted by molar-refractivity contribution is 5.87. The van der Waals surface area contributed by atoms with E-state index in [-0.39, 0.29) is 5.92 Å². The average Bonchev–Trinajstić information content (AvgIpc) is 2.87. The minimum absolute atomic E-state index is 0.129. The molecule has 2 rings (SSSR count). The lowest BCUT2D eigenvalue weighted by Crippen LogP contribution is -2.47. The molecule has 2 unspecified atom stereocenters. The van der Waals surface area contributed by atoms with E-state index >= 15 is 0 Å². The van der Waals surface area contributed by atoms with Gasteiger partial charge in [0, 0.05) is 13.6 Å². The molecule has 0 aromatic rings. The number of nitrogens with zero attached hydrogens (tertiary/aromatic N) is 3. The van der Waals surface area contributed by atoms with E-state index < -0.39 is 18.0 Å². The highest BCUT2D eigenvalue weighted by Gasteiger charge is 2.57. The second-order valence-electron chi connectivity index (χ2n) is 4.04. The van der Waals surface area contributed by atoms with Crippen LogP contribution in [0.1, 0.15) is 6.42 Å². The van der Waals surface area contributed by atoms with Crippen molar-refractivity contribution in [1.29, 1.82) is 5.26 Å². The van der Waals surface area contributed by atoms with Gasteiger partial charge in [0.05, 0.1) is 0 Å². The zero-order chi connectivity index (χ0) is 11.2. The minimum Gasteiger partial charge on any atom is -0.465 e. The second kappa shape index (κ2) is 3.12. The maximum Gasteiger partial charge on any atom is 0.407 e. The quantitative estimate of drug-likeness (QED) is 0.483. The molecule has 1 heterocycles. The van der Waals surface area contributed by atoms with Gasteiger partial charge in [-0.05, 0) is 18.3 Å². The monoisotopic (exact) mass is 209 g/mol. The minimum atomic E-state index is -1.08. The predicted molar refractivity (Wildman–Crippen MR) is 48.5 cm³/mol. The number of likely N-dealkylation sites (tertiary alicyclic amines) is 1. The van der Waals surface area contributed by atoms with Crippen LogP contribution in [0.4, 0.5) is 4.79 Å². The van der Waals surface area contributed by atoms with E-state index in [2.05, 4.69) is 0 Å². The first-order chi connectivity index (χ1) is 7.06. The number of rotatable bonds is 1. The lowest BCUT2D eigenvalue weighted by molar-refractivity contribution is -0.132. The van der Waals surface area contributed by atoms with Gasteiger partial charge in [0.25, 0.3) is 5.91 Å². The Morgan fingerprint density at radius 1 is 1.60 bits per heavy atom. The highest BCUT2D eigenvalue weighted by atomic mass is 16.4. The van der Waals surface area contributed by atoms with Crippen molar-refractivity contribution in [2.45, 2.75) is 12.5 Å². The van der Waals surface area contributed by atoms with Crippen molar-refractivity contribution in [1.82, 2.24) is 9.80 Å². The van der Waals surface area contributed by atoms with Gasteiger partial charge in [-0.25, -0.2) is 4.79 Å². The molecule has 1 aliphatic heterocycles. The molecular weight excluding hydrogens is 198 g/mol. The van der Waals surface area contributed by atoms with Crippen molar-refractivity contribution in [3.05, 3.63) is 0 Å². The Kier molecular flexibility index (Phi) is 2.03. The molecule has 3 atom stereocenters. The van der Waals surface area contributed by atoms with Crippen LogP contribution in [-0.4, -0.2) is 46.5 Å². The van der Waals surface area contributed by atoms with Crippen molar-refractivity contribution in [2.75, 3.05) is 13.6 Å². The highest BCUT2D eigenvalue weighted by Crippen LogP contribution is 2.49. The summed E-state index contributed by atoms with van der Waals surface area (Å²) in [6.07, 6.45) is 1.53. The van der Waals surface area contributed by atoms with Crippen molar-refractivity contribution in [3.8, 4) is 6.19 Å². The van der Waals surface area contributed by atoms with Gasteiger partial charge in [-0.1, -0.05) is 0 Å². The molecule has 1 saturated carbocycles. The first-order valence-electron chi connectivity index (χ1n) is 4.73. The van der Waals surface area contributed by atoms with Crippen LogP contribution in [0.15, 0.2) is 0 Å². The Bertz CT molecular complexity index is 362. The molecule has 80 valence electrons. The smallest absolute Gasteiger partial charge is 0.407 e. The number of carbonyl (C=O) groups is 2. The molecular formula is C9H11N3O3. The van der Waals surface area contributed by atoms with Gasteiger partial charge in [0.15, 0.2) is 6.19 Å². The van der Waals surface area contributed by atoms with E-state index in [9.17, 15) is 9.59 Å². The van der Waals surface area contributed by atoms with Gasteiger partial charge in [-0.2, -0.15) is 5.26 Å². The van der Waals surface area contributed by atoms with Crippen LogP contribution in [0, 0.1) is 23.3 Å². The fourth-order valence-electron chi connectivity index (χ4n) is 2.23. The Morgan fingerprint density at radius 2 is 2.27 bits per heavy atom. The number of piperidine rings is 1. The van der Waals surface area contributed by atoms with Gasteiger partial charge < -0.3 is 5.11 Å². The summed E-state index contributed by atoms with van der Waals surface area (Å²) in [6.45, 7) is 0.426. The zero-order valence-electron chi connectivity index (χ0n) is 8.25. The van der Waals surface area contributed by atoms with Crippen LogP contribution >= 0.6 is 0 Å². The number of hydrogen-bond donors (Lipinski definition) is 1. The van der Waals surface area contributed by atoms with E-state index in [1.54, 1.807) is 6.19 Å². The lowest BCUT2D eigenvalue weighted by atomic mass is 10.1. The van der Waals surface area contributed by atoms with Crippen LogP contribution < -0.4 is 0 Å². The summed E-state index contributed by atoms with van der Waals surface area (Å²) in [4.78, 5) is 24.6. The summed E-state index contributed by atoms with van der Waals surface area (Å²) in [5.41, 5.74) is 0. The van der Waals surface area contributed by atoms with E-state index in [1.807, 2.05) is 0 Å². The molecule has 0 spiro atoms.